The van der Waals surface area contributed by atoms with E-state index in [4.69, 9.17) is 11.6 Å². The van der Waals surface area contributed by atoms with Crippen LogP contribution >= 0.6 is 11.6 Å². The second-order valence-electron chi connectivity index (χ2n) is 1.61. The minimum absolute atomic E-state index is 0.610. The second-order valence-corrected chi connectivity index (χ2v) is 2.84. The molecule has 0 bridgehead atoms. The molecule has 0 aliphatic rings. The van der Waals surface area contributed by atoms with Crippen LogP contribution in [0.2, 0.25) is 0 Å². The van der Waals surface area contributed by atoms with Crippen LogP contribution in [0.3, 0.4) is 0 Å². The Morgan fingerprint density at radius 2 is 2.00 bits per heavy atom. The summed E-state index contributed by atoms with van der Waals surface area (Å²) in [4.78, 5) is 0. The van der Waals surface area contributed by atoms with Crippen molar-refractivity contribution in [2.24, 2.45) is 0 Å². The van der Waals surface area contributed by atoms with Crippen LogP contribution in [0, 0.1) is 0 Å². The standard InChI is InChI=1S/C5H9ClO2S/c6-4-2-1-3-5-9(7)8/h5H,1-4H2. The summed E-state index contributed by atoms with van der Waals surface area (Å²) in [6.07, 6.45) is 2.36. The third kappa shape index (κ3) is 7.98. The fourth-order valence-corrected chi connectivity index (χ4v) is 0.966. The molecule has 9 heavy (non-hydrogen) atoms. The largest absolute Gasteiger partial charge is 0.209 e. The summed E-state index contributed by atoms with van der Waals surface area (Å²) >= 11 is 5.35. The highest BCUT2D eigenvalue weighted by Gasteiger charge is 1.82. The summed E-state index contributed by atoms with van der Waals surface area (Å²) in [5.41, 5.74) is 0. The summed E-state index contributed by atoms with van der Waals surface area (Å²) in [6, 6.07) is 0. The summed E-state index contributed by atoms with van der Waals surface area (Å²) in [5, 5.41) is 1.26. The van der Waals surface area contributed by atoms with Gasteiger partial charge in [0.25, 0.3) is 0 Å². The molecule has 0 saturated carbocycles. The van der Waals surface area contributed by atoms with Gasteiger partial charge in [-0.15, -0.1) is 11.6 Å². The highest BCUT2D eigenvalue weighted by Crippen LogP contribution is 1.93. The van der Waals surface area contributed by atoms with Crippen LogP contribution in [0.5, 0.6) is 0 Å². The molecule has 0 radical (unpaired) electrons. The van der Waals surface area contributed by atoms with Gasteiger partial charge in [-0.1, -0.05) is 0 Å². The molecule has 0 heterocycles. The normalized spacial score (nSPS) is 9.00. The van der Waals surface area contributed by atoms with Crippen molar-refractivity contribution in [3.8, 4) is 0 Å². The Bertz CT molecular complexity index is 163. The first-order valence-corrected chi connectivity index (χ1v) is 4.42. The molecule has 0 aromatic carbocycles. The van der Waals surface area contributed by atoms with Crippen LogP contribution in [0.1, 0.15) is 19.3 Å². The predicted octanol–water partition coefficient (Wildman–Crippen LogP) is 1.08. The zero-order valence-corrected chi connectivity index (χ0v) is 6.58. The van der Waals surface area contributed by atoms with Crippen molar-refractivity contribution < 1.29 is 8.42 Å². The van der Waals surface area contributed by atoms with Crippen LogP contribution in [-0.2, 0) is 10.3 Å². The first-order chi connectivity index (χ1) is 4.27. The third-order valence-corrected chi connectivity index (χ3v) is 1.62. The molecule has 0 aliphatic carbocycles. The zero-order valence-electron chi connectivity index (χ0n) is 5.01. The van der Waals surface area contributed by atoms with E-state index >= 15 is 0 Å². The van der Waals surface area contributed by atoms with Gasteiger partial charge in [0.1, 0.15) is 0 Å². The molecular weight excluding hydrogens is 160 g/mol. The number of hydrogen-bond acceptors (Lipinski definition) is 2. The molecule has 0 unspecified atom stereocenters. The monoisotopic (exact) mass is 168 g/mol. The van der Waals surface area contributed by atoms with E-state index in [0.29, 0.717) is 12.3 Å². The fourth-order valence-electron chi connectivity index (χ4n) is 0.418. The highest BCUT2D eigenvalue weighted by atomic mass is 35.5. The lowest BCUT2D eigenvalue weighted by molar-refractivity contribution is 0.627. The van der Waals surface area contributed by atoms with E-state index in [-0.39, 0.29) is 0 Å². The van der Waals surface area contributed by atoms with Crippen LogP contribution in [-0.4, -0.2) is 19.7 Å². The van der Waals surface area contributed by atoms with E-state index in [9.17, 15) is 8.42 Å². The maximum absolute atomic E-state index is 9.87. The van der Waals surface area contributed by atoms with Gasteiger partial charge in [0, 0.05) is 11.2 Å². The molecule has 0 rings (SSSR count). The molecule has 0 atom stereocenters. The minimum Gasteiger partial charge on any atom is -0.185 e. The summed E-state index contributed by atoms with van der Waals surface area (Å²) in [6.45, 7) is 0. The number of rotatable bonds is 4. The molecule has 0 spiro atoms. The van der Waals surface area contributed by atoms with E-state index in [1.807, 2.05) is 0 Å². The van der Waals surface area contributed by atoms with E-state index in [0.717, 1.165) is 12.8 Å². The zero-order chi connectivity index (χ0) is 7.11. The summed E-state index contributed by atoms with van der Waals surface area (Å²) in [7, 11) is -1.99. The molecule has 0 N–H and O–H groups in total. The molecule has 0 aromatic rings. The predicted molar refractivity (Wildman–Crippen MR) is 39.6 cm³/mol. The van der Waals surface area contributed by atoms with Crippen LogP contribution < -0.4 is 0 Å². The van der Waals surface area contributed by atoms with Crippen molar-refractivity contribution in [1.82, 2.24) is 0 Å². The molecule has 0 saturated heterocycles. The van der Waals surface area contributed by atoms with Gasteiger partial charge in [0.05, 0.1) is 0 Å². The lowest BCUT2D eigenvalue weighted by atomic mass is 10.3. The summed E-state index contributed by atoms with van der Waals surface area (Å²) < 4.78 is 19.7. The lowest BCUT2D eigenvalue weighted by Gasteiger charge is -1.85. The molecule has 0 aromatic heterocycles. The molecule has 54 valence electrons. The molecule has 0 amide bonds. The van der Waals surface area contributed by atoms with Crippen molar-refractivity contribution in [3.63, 3.8) is 0 Å². The van der Waals surface area contributed by atoms with E-state index in [1.165, 1.54) is 5.37 Å². The molecule has 2 nitrogen and oxygen atoms in total. The number of unbranched alkanes of at least 4 members (excludes halogenated alkanes) is 2. The Balaban J connectivity index is 3.20. The number of halogens is 1. The van der Waals surface area contributed by atoms with E-state index < -0.39 is 10.3 Å². The van der Waals surface area contributed by atoms with Gasteiger partial charge in [0.2, 0.25) is 10.3 Å². The van der Waals surface area contributed by atoms with Crippen molar-refractivity contribution >= 4 is 27.3 Å². The SMILES string of the molecule is O=S(=O)=CCCCCCl. The first kappa shape index (κ1) is 8.98. The van der Waals surface area contributed by atoms with Gasteiger partial charge in [-0.2, -0.15) is 8.42 Å². The van der Waals surface area contributed by atoms with Crippen LogP contribution in [0.15, 0.2) is 0 Å². The highest BCUT2D eigenvalue weighted by molar-refractivity contribution is 7.71. The van der Waals surface area contributed by atoms with Gasteiger partial charge >= 0.3 is 0 Å². The fraction of sp³-hybridized carbons (Fsp3) is 0.800. The van der Waals surface area contributed by atoms with Crippen molar-refractivity contribution in [2.75, 3.05) is 5.88 Å². The Hall–Kier alpha value is -0.0200. The van der Waals surface area contributed by atoms with Gasteiger partial charge in [0.15, 0.2) is 0 Å². The Morgan fingerprint density at radius 1 is 1.33 bits per heavy atom. The number of alkyl halides is 1. The quantitative estimate of drug-likeness (QED) is 0.358. The third-order valence-electron chi connectivity index (χ3n) is 0.842. The van der Waals surface area contributed by atoms with Crippen molar-refractivity contribution in [3.05, 3.63) is 0 Å². The topological polar surface area (TPSA) is 34.1 Å². The van der Waals surface area contributed by atoms with Gasteiger partial charge in [-0.05, 0) is 19.3 Å². The molecule has 0 aliphatic heterocycles. The Labute approximate surface area is 61.4 Å². The van der Waals surface area contributed by atoms with Crippen molar-refractivity contribution in [2.45, 2.75) is 19.3 Å². The van der Waals surface area contributed by atoms with E-state index in [1.54, 1.807) is 0 Å². The summed E-state index contributed by atoms with van der Waals surface area (Å²) in [5.74, 6) is 0.610. The van der Waals surface area contributed by atoms with Gasteiger partial charge in [-0.3, -0.25) is 0 Å². The Morgan fingerprint density at radius 3 is 2.44 bits per heavy atom. The van der Waals surface area contributed by atoms with Crippen LogP contribution in [0.4, 0.5) is 0 Å². The van der Waals surface area contributed by atoms with Crippen molar-refractivity contribution in [1.29, 1.82) is 0 Å². The molecule has 4 heteroatoms. The van der Waals surface area contributed by atoms with Crippen LogP contribution in [0.25, 0.3) is 0 Å². The van der Waals surface area contributed by atoms with Gasteiger partial charge in [-0.25, -0.2) is 0 Å². The first-order valence-electron chi connectivity index (χ1n) is 2.74. The average molecular weight is 169 g/mol. The average Bonchev–Trinajstić information content (AvgIpc) is 1.80. The Kier molecular flexibility index (Phi) is 6.09. The molecule has 0 fully saturated rings. The maximum Gasteiger partial charge on any atom is 0.209 e. The second kappa shape index (κ2) is 6.11. The smallest absolute Gasteiger partial charge is 0.185 e. The lowest BCUT2D eigenvalue weighted by Crippen LogP contribution is -1.79. The van der Waals surface area contributed by atoms with E-state index in [2.05, 4.69) is 0 Å². The molecular formula is C5H9ClO2S. The number of hydrogen-bond donors (Lipinski definition) is 0. The maximum atomic E-state index is 9.87. The minimum atomic E-state index is -1.99. The van der Waals surface area contributed by atoms with Gasteiger partial charge < -0.3 is 0 Å².